The second-order valence-corrected chi connectivity index (χ2v) is 6.03. The molecule has 1 aliphatic carbocycles. The SMILES string of the molecule is CC(C)NCC(C)C(C)n1cnc2c1CCCC2. The van der Waals surface area contributed by atoms with Crippen LogP contribution in [0.3, 0.4) is 0 Å². The number of nitrogens with zero attached hydrogens (tertiary/aromatic N) is 2. The Morgan fingerprint density at radius 3 is 2.67 bits per heavy atom. The molecule has 3 nitrogen and oxygen atoms in total. The van der Waals surface area contributed by atoms with Crippen LogP contribution in [0.5, 0.6) is 0 Å². The van der Waals surface area contributed by atoms with Gasteiger partial charge in [0.15, 0.2) is 0 Å². The summed E-state index contributed by atoms with van der Waals surface area (Å²) in [6, 6.07) is 1.10. The minimum atomic E-state index is 0.533. The van der Waals surface area contributed by atoms with E-state index in [9.17, 15) is 0 Å². The molecule has 2 atom stereocenters. The fourth-order valence-corrected chi connectivity index (χ4v) is 2.71. The molecule has 1 aromatic heterocycles. The van der Waals surface area contributed by atoms with E-state index in [-0.39, 0.29) is 0 Å². The number of nitrogens with one attached hydrogen (secondary N) is 1. The lowest BCUT2D eigenvalue weighted by atomic mass is 9.98. The van der Waals surface area contributed by atoms with Crippen LogP contribution in [0, 0.1) is 5.92 Å². The van der Waals surface area contributed by atoms with Gasteiger partial charge in [0, 0.05) is 17.8 Å². The Morgan fingerprint density at radius 2 is 1.94 bits per heavy atom. The molecule has 0 aliphatic heterocycles. The van der Waals surface area contributed by atoms with Crippen LogP contribution in [-0.4, -0.2) is 22.1 Å². The van der Waals surface area contributed by atoms with Gasteiger partial charge in [0.2, 0.25) is 0 Å². The first-order valence-electron chi connectivity index (χ1n) is 7.37. The highest BCUT2D eigenvalue weighted by Crippen LogP contribution is 2.26. The summed E-state index contributed by atoms with van der Waals surface area (Å²) < 4.78 is 2.42. The second kappa shape index (κ2) is 5.87. The van der Waals surface area contributed by atoms with Crippen LogP contribution in [0.2, 0.25) is 0 Å². The third-order valence-electron chi connectivity index (χ3n) is 4.17. The molecule has 102 valence electrons. The molecule has 0 spiro atoms. The summed E-state index contributed by atoms with van der Waals surface area (Å²) >= 11 is 0. The van der Waals surface area contributed by atoms with Gasteiger partial charge in [-0.25, -0.2) is 4.98 Å². The molecule has 0 fully saturated rings. The molecule has 1 heterocycles. The highest BCUT2D eigenvalue weighted by atomic mass is 15.1. The van der Waals surface area contributed by atoms with Crippen molar-refractivity contribution in [3.8, 4) is 0 Å². The van der Waals surface area contributed by atoms with Gasteiger partial charge in [0.25, 0.3) is 0 Å². The van der Waals surface area contributed by atoms with Gasteiger partial charge in [-0.1, -0.05) is 20.8 Å². The van der Waals surface area contributed by atoms with E-state index in [1.165, 1.54) is 37.1 Å². The average molecular weight is 249 g/mol. The Kier molecular flexibility index (Phi) is 4.44. The van der Waals surface area contributed by atoms with Gasteiger partial charge >= 0.3 is 0 Å². The van der Waals surface area contributed by atoms with Gasteiger partial charge in [0.05, 0.1) is 12.0 Å². The van der Waals surface area contributed by atoms with E-state index in [0.29, 0.717) is 18.0 Å². The Hall–Kier alpha value is -0.830. The van der Waals surface area contributed by atoms with Crippen LogP contribution >= 0.6 is 0 Å². The molecule has 0 saturated carbocycles. The van der Waals surface area contributed by atoms with Crippen LogP contribution in [0.4, 0.5) is 0 Å². The van der Waals surface area contributed by atoms with Gasteiger partial charge in [-0.3, -0.25) is 0 Å². The van der Waals surface area contributed by atoms with Crippen LogP contribution in [0.25, 0.3) is 0 Å². The number of hydrogen-bond acceptors (Lipinski definition) is 2. The quantitative estimate of drug-likeness (QED) is 0.869. The molecule has 0 aromatic carbocycles. The van der Waals surface area contributed by atoms with Crippen LogP contribution < -0.4 is 5.32 Å². The fraction of sp³-hybridized carbons (Fsp3) is 0.800. The topological polar surface area (TPSA) is 29.9 Å². The molecule has 2 rings (SSSR count). The van der Waals surface area contributed by atoms with E-state index >= 15 is 0 Å². The number of aryl methyl sites for hydroxylation is 1. The molecule has 0 amide bonds. The minimum Gasteiger partial charge on any atom is -0.331 e. The summed E-state index contributed by atoms with van der Waals surface area (Å²) in [7, 11) is 0. The normalized spacial score (nSPS) is 18.7. The lowest BCUT2D eigenvalue weighted by Crippen LogP contribution is -2.31. The van der Waals surface area contributed by atoms with Gasteiger partial charge in [-0.15, -0.1) is 0 Å². The zero-order valence-corrected chi connectivity index (χ0v) is 12.2. The zero-order chi connectivity index (χ0) is 13.1. The maximum atomic E-state index is 4.60. The summed E-state index contributed by atoms with van der Waals surface area (Å²) in [5, 5.41) is 3.53. The van der Waals surface area contributed by atoms with Crippen LogP contribution in [-0.2, 0) is 12.8 Å². The smallest absolute Gasteiger partial charge is 0.0954 e. The van der Waals surface area contributed by atoms with Crippen molar-refractivity contribution in [2.45, 2.75) is 65.5 Å². The van der Waals surface area contributed by atoms with Crippen molar-refractivity contribution in [3.05, 3.63) is 17.7 Å². The van der Waals surface area contributed by atoms with Crippen molar-refractivity contribution in [3.63, 3.8) is 0 Å². The van der Waals surface area contributed by atoms with Crippen LogP contribution in [0.15, 0.2) is 6.33 Å². The van der Waals surface area contributed by atoms with E-state index in [2.05, 4.69) is 48.9 Å². The molecule has 2 unspecified atom stereocenters. The lowest BCUT2D eigenvalue weighted by Gasteiger charge is -2.25. The predicted molar refractivity (Wildman–Crippen MR) is 75.9 cm³/mol. The first-order chi connectivity index (χ1) is 8.59. The lowest BCUT2D eigenvalue weighted by molar-refractivity contribution is 0.343. The molecule has 0 bridgehead atoms. The molecule has 1 N–H and O–H groups in total. The molecule has 3 heteroatoms. The summed E-state index contributed by atoms with van der Waals surface area (Å²) in [5.41, 5.74) is 2.84. The highest BCUT2D eigenvalue weighted by Gasteiger charge is 2.21. The summed E-state index contributed by atoms with van der Waals surface area (Å²) in [5.74, 6) is 0.632. The first kappa shape index (κ1) is 13.6. The summed E-state index contributed by atoms with van der Waals surface area (Å²) in [4.78, 5) is 4.60. The molecule has 18 heavy (non-hydrogen) atoms. The van der Waals surface area contributed by atoms with Crippen molar-refractivity contribution < 1.29 is 0 Å². The van der Waals surface area contributed by atoms with Crippen molar-refractivity contribution in [2.75, 3.05) is 6.54 Å². The maximum absolute atomic E-state index is 4.60. The molecule has 1 aliphatic rings. The minimum absolute atomic E-state index is 0.533. The largest absolute Gasteiger partial charge is 0.331 e. The van der Waals surface area contributed by atoms with Crippen molar-refractivity contribution >= 4 is 0 Å². The van der Waals surface area contributed by atoms with Crippen molar-refractivity contribution in [1.82, 2.24) is 14.9 Å². The van der Waals surface area contributed by atoms with E-state index in [1.54, 1.807) is 0 Å². The Labute approximate surface area is 111 Å². The standard InChI is InChI=1S/C15H27N3/c1-11(2)16-9-12(3)13(4)18-10-17-14-7-5-6-8-15(14)18/h10-13,16H,5-9H2,1-4H3. The Morgan fingerprint density at radius 1 is 1.22 bits per heavy atom. The maximum Gasteiger partial charge on any atom is 0.0954 e. The summed E-state index contributed by atoms with van der Waals surface area (Å²) in [6.07, 6.45) is 7.08. The number of imidazole rings is 1. The van der Waals surface area contributed by atoms with Crippen molar-refractivity contribution in [1.29, 1.82) is 0 Å². The number of aromatic nitrogens is 2. The predicted octanol–water partition coefficient (Wildman–Crippen LogP) is 2.96. The highest BCUT2D eigenvalue weighted by molar-refractivity contribution is 5.17. The Bertz CT molecular complexity index is 381. The average Bonchev–Trinajstić information content (AvgIpc) is 2.78. The van der Waals surface area contributed by atoms with Crippen molar-refractivity contribution in [2.24, 2.45) is 5.92 Å². The van der Waals surface area contributed by atoms with E-state index in [0.717, 1.165) is 6.54 Å². The molecule has 0 radical (unpaired) electrons. The number of hydrogen-bond donors (Lipinski definition) is 1. The monoisotopic (exact) mass is 249 g/mol. The van der Waals surface area contributed by atoms with Gasteiger partial charge in [-0.2, -0.15) is 0 Å². The fourth-order valence-electron chi connectivity index (χ4n) is 2.71. The number of fused-ring (bicyclic) bond motifs is 1. The van der Waals surface area contributed by atoms with E-state index < -0.39 is 0 Å². The molecular weight excluding hydrogens is 222 g/mol. The van der Waals surface area contributed by atoms with E-state index in [4.69, 9.17) is 0 Å². The first-order valence-corrected chi connectivity index (χ1v) is 7.37. The third-order valence-corrected chi connectivity index (χ3v) is 4.17. The molecular formula is C15H27N3. The van der Waals surface area contributed by atoms with E-state index in [1.807, 2.05) is 0 Å². The Balaban J connectivity index is 2.04. The van der Waals surface area contributed by atoms with Crippen LogP contribution in [0.1, 0.15) is 58.0 Å². The van der Waals surface area contributed by atoms with Gasteiger partial charge < -0.3 is 9.88 Å². The second-order valence-electron chi connectivity index (χ2n) is 6.03. The zero-order valence-electron chi connectivity index (χ0n) is 12.2. The molecule has 0 saturated heterocycles. The van der Waals surface area contributed by atoms with Gasteiger partial charge in [-0.05, 0) is 45.1 Å². The third kappa shape index (κ3) is 2.94. The number of rotatable bonds is 5. The molecule has 1 aromatic rings. The van der Waals surface area contributed by atoms with Gasteiger partial charge in [0.1, 0.15) is 0 Å². The summed E-state index contributed by atoms with van der Waals surface area (Å²) in [6.45, 7) is 10.1.